The SMILES string of the molecule is CCCCCC(C)NC(=O)c1c(N)n[nH]c1C. The number of nitrogen functional groups attached to an aromatic ring is 1. The van der Waals surface area contributed by atoms with E-state index in [0.717, 1.165) is 12.8 Å². The minimum Gasteiger partial charge on any atom is -0.382 e. The minimum atomic E-state index is -0.141. The second-order valence-electron chi connectivity index (χ2n) is 4.48. The maximum absolute atomic E-state index is 11.9. The second kappa shape index (κ2) is 6.27. The van der Waals surface area contributed by atoms with Crippen LogP contribution >= 0.6 is 0 Å². The molecular formula is C12H22N4O. The number of carbonyl (C=O) groups is 1. The lowest BCUT2D eigenvalue weighted by molar-refractivity contribution is 0.0938. The number of unbranched alkanes of at least 4 members (excludes halogenated alkanes) is 2. The van der Waals surface area contributed by atoms with E-state index in [1.54, 1.807) is 6.92 Å². The third-order valence-corrected chi connectivity index (χ3v) is 2.82. The van der Waals surface area contributed by atoms with Crippen LogP contribution in [-0.2, 0) is 0 Å². The van der Waals surface area contributed by atoms with E-state index in [1.165, 1.54) is 12.8 Å². The van der Waals surface area contributed by atoms with Crippen LogP contribution < -0.4 is 11.1 Å². The molecule has 0 aliphatic carbocycles. The molecule has 96 valence electrons. The summed E-state index contributed by atoms with van der Waals surface area (Å²) in [6.07, 6.45) is 4.52. The Morgan fingerprint density at radius 3 is 2.76 bits per heavy atom. The smallest absolute Gasteiger partial charge is 0.257 e. The molecular weight excluding hydrogens is 216 g/mol. The summed E-state index contributed by atoms with van der Waals surface area (Å²) in [5.41, 5.74) is 6.81. The minimum absolute atomic E-state index is 0.141. The first-order valence-electron chi connectivity index (χ1n) is 6.17. The van der Waals surface area contributed by atoms with Gasteiger partial charge in [-0.25, -0.2) is 0 Å². The Hall–Kier alpha value is -1.52. The first-order chi connectivity index (χ1) is 8.06. The number of aromatic amines is 1. The van der Waals surface area contributed by atoms with Crippen molar-refractivity contribution < 1.29 is 4.79 Å². The van der Waals surface area contributed by atoms with Crippen LogP contribution in [0, 0.1) is 6.92 Å². The Labute approximate surface area is 102 Å². The van der Waals surface area contributed by atoms with Gasteiger partial charge in [0.2, 0.25) is 0 Å². The number of H-pyrrole nitrogens is 1. The summed E-state index contributed by atoms with van der Waals surface area (Å²) in [5, 5.41) is 9.46. The van der Waals surface area contributed by atoms with Crippen LogP contribution in [0.5, 0.6) is 0 Å². The number of aromatic nitrogens is 2. The normalized spacial score (nSPS) is 12.4. The van der Waals surface area contributed by atoms with Crippen LogP contribution in [0.4, 0.5) is 5.82 Å². The highest BCUT2D eigenvalue weighted by molar-refractivity contribution is 5.99. The van der Waals surface area contributed by atoms with Gasteiger partial charge in [-0.2, -0.15) is 5.10 Å². The van der Waals surface area contributed by atoms with E-state index in [1.807, 2.05) is 6.92 Å². The molecule has 1 atom stereocenters. The highest BCUT2D eigenvalue weighted by Crippen LogP contribution is 2.12. The average Bonchev–Trinajstić information content (AvgIpc) is 2.58. The van der Waals surface area contributed by atoms with Crippen molar-refractivity contribution >= 4 is 11.7 Å². The number of hydrogen-bond donors (Lipinski definition) is 3. The zero-order chi connectivity index (χ0) is 12.8. The van der Waals surface area contributed by atoms with Crippen molar-refractivity contribution in [3.8, 4) is 0 Å². The fourth-order valence-electron chi connectivity index (χ4n) is 1.80. The van der Waals surface area contributed by atoms with Gasteiger partial charge in [-0.1, -0.05) is 26.2 Å². The van der Waals surface area contributed by atoms with Gasteiger partial charge in [-0.3, -0.25) is 9.89 Å². The molecule has 0 fully saturated rings. The summed E-state index contributed by atoms with van der Waals surface area (Å²) >= 11 is 0. The van der Waals surface area contributed by atoms with Crippen LogP contribution in [0.1, 0.15) is 55.6 Å². The molecule has 0 saturated carbocycles. The van der Waals surface area contributed by atoms with E-state index in [9.17, 15) is 4.79 Å². The van der Waals surface area contributed by atoms with Crippen LogP contribution in [0.3, 0.4) is 0 Å². The zero-order valence-electron chi connectivity index (χ0n) is 10.8. The maximum atomic E-state index is 11.9. The molecule has 1 aromatic rings. The fraction of sp³-hybridized carbons (Fsp3) is 0.667. The van der Waals surface area contributed by atoms with Gasteiger partial charge in [0, 0.05) is 11.7 Å². The molecule has 0 aromatic carbocycles. The largest absolute Gasteiger partial charge is 0.382 e. The van der Waals surface area contributed by atoms with Crippen LogP contribution in [0.25, 0.3) is 0 Å². The van der Waals surface area contributed by atoms with Gasteiger partial charge < -0.3 is 11.1 Å². The molecule has 0 aliphatic rings. The van der Waals surface area contributed by atoms with E-state index < -0.39 is 0 Å². The lowest BCUT2D eigenvalue weighted by Crippen LogP contribution is -2.33. The van der Waals surface area contributed by atoms with E-state index >= 15 is 0 Å². The summed E-state index contributed by atoms with van der Waals surface area (Å²) in [7, 11) is 0. The highest BCUT2D eigenvalue weighted by atomic mass is 16.1. The first-order valence-corrected chi connectivity index (χ1v) is 6.17. The summed E-state index contributed by atoms with van der Waals surface area (Å²) in [5.74, 6) is 0.124. The molecule has 1 heterocycles. The lowest BCUT2D eigenvalue weighted by atomic mass is 10.1. The lowest BCUT2D eigenvalue weighted by Gasteiger charge is -2.13. The number of nitrogens with one attached hydrogen (secondary N) is 2. The summed E-state index contributed by atoms with van der Waals surface area (Å²) in [6, 6.07) is 0.169. The van der Waals surface area contributed by atoms with Crippen LogP contribution in [0.2, 0.25) is 0 Å². The van der Waals surface area contributed by atoms with E-state index in [0.29, 0.717) is 11.3 Å². The van der Waals surface area contributed by atoms with Gasteiger partial charge in [-0.15, -0.1) is 0 Å². The van der Waals surface area contributed by atoms with E-state index in [4.69, 9.17) is 5.73 Å². The standard InChI is InChI=1S/C12H22N4O/c1-4-5-6-7-8(2)14-12(17)10-9(3)15-16-11(10)13/h8H,4-7H2,1-3H3,(H,14,17)(H3,13,15,16). The molecule has 0 bridgehead atoms. The number of hydrogen-bond acceptors (Lipinski definition) is 3. The summed E-state index contributed by atoms with van der Waals surface area (Å²) in [6.45, 7) is 5.97. The quantitative estimate of drug-likeness (QED) is 0.663. The Kier molecular flexibility index (Phi) is 5.00. The van der Waals surface area contributed by atoms with E-state index in [2.05, 4.69) is 22.4 Å². The molecule has 1 amide bonds. The Bertz CT molecular complexity index is 353. The molecule has 0 aliphatic heterocycles. The molecule has 5 heteroatoms. The number of amides is 1. The van der Waals surface area contributed by atoms with Crippen LogP contribution in [0.15, 0.2) is 0 Å². The fourth-order valence-corrected chi connectivity index (χ4v) is 1.80. The van der Waals surface area contributed by atoms with Crippen molar-refractivity contribution in [3.05, 3.63) is 11.3 Å². The van der Waals surface area contributed by atoms with Crippen molar-refractivity contribution in [3.63, 3.8) is 0 Å². The molecule has 1 rings (SSSR count). The van der Waals surface area contributed by atoms with Gasteiger partial charge in [-0.05, 0) is 20.3 Å². The van der Waals surface area contributed by atoms with Crippen LogP contribution in [-0.4, -0.2) is 22.1 Å². The number of carbonyl (C=O) groups excluding carboxylic acids is 1. The number of nitrogens with two attached hydrogens (primary N) is 1. The monoisotopic (exact) mass is 238 g/mol. The molecule has 4 N–H and O–H groups in total. The molecule has 1 aromatic heterocycles. The van der Waals surface area contributed by atoms with Crippen molar-refractivity contribution in [2.24, 2.45) is 0 Å². The molecule has 0 spiro atoms. The second-order valence-corrected chi connectivity index (χ2v) is 4.48. The maximum Gasteiger partial charge on any atom is 0.257 e. The predicted octanol–water partition coefficient (Wildman–Crippen LogP) is 2.00. The number of nitrogens with zero attached hydrogens (tertiary/aromatic N) is 1. The topological polar surface area (TPSA) is 83.8 Å². The van der Waals surface area contributed by atoms with Crippen molar-refractivity contribution in [2.75, 3.05) is 5.73 Å². The highest BCUT2D eigenvalue weighted by Gasteiger charge is 2.17. The van der Waals surface area contributed by atoms with Gasteiger partial charge in [0.05, 0.1) is 0 Å². The first kappa shape index (κ1) is 13.5. The molecule has 5 nitrogen and oxygen atoms in total. The Morgan fingerprint density at radius 1 is 1.53 bits per heavy atom. The molecule has 1 unspecified atom stereocenters. The number of aryl methyl sites for hydroxylation is 1. The third-order valence-electron chi connectivity index (χ3n) is 2.82. The summed E-state index contributed by atoms with van der Waals surface area (Å²) < 4.78 is 0. The molecule has 17 heavy (non-hydrogen) atoms. The Morgan fingerprint density at radius 2 is 2.24 bits per heavy atom. The Balaban J connectivity index is 2.49. The van der Waals surface area contributed by atoms with Crippen molar-refractivity contribution in [1.82, 2.24) is 15.5 Å². The summed E-state index contributed by atoms with van der Waals surface area (Å²) in [4.78, 5) is 11.9. The van der Waals surface area contributed by atoms with Crippen molar-refractivity contribution in [2.45, 2.75) is 52.5 Å². The van der Waals surface area contributed by atoms with Gasteiger partial charge in [0.25, 0.3) is 5.91 Å². The van der Waals surface area contributed by atoms with Crippen molar-refractivity contribution in [1.29, 1.82) is 0 Å². The number of rotatable bonds is 6. The predicted molar refractivity (Wildman–Crippen MR) is 68.8 cm³/mol. The average molecular weight is 238 g/mol. The molecule has 0 saturated heterocycles. The van der Waals surface area contributed by atoms with Gasteiger partial charge in [0.15, 0.2) is 5.82 Å². The third kappa shape index (κ3) is 3.76. The van der Waals surface area contributed by atoms with Gasteiger partial charge >= 0.3 is 0 Å². The number of anilines is 1. The molecule has 0 radical (unpaired) electrons. The van der Waals surface area contributed by atoms with E-state index in [-0.39, 0.29) is 17.8 Å². The zero-order valence-corrected chi connectivity index (χ0v) is 10.8. The van der Waals surface area contributed by atoms with Gasteiger partial charge in [0.1, 0.15) is 5.56 Å².